The summed E-state index contributed by atoms with van der Waals surface area (Å²) in [5.41, 5.74) is 8.32. The predicted molar refractivity (Wildman–Crippen MR) is 55.7 cm³/mol. The van der Waals surface area contributed by atoms with E-state index in [1.165, 1.54) is 18.2 Å². The van der Waals surface area contributed by atoms with Gasteiger partial charge in [-0.3, -0.25) is 0 Å². The average Bonchev–Trinajstić information content (AvgIpc) is 2.23. The van der Waals surface area contributed by atoms with Gasteiger partial charge in [0.25, 0.3) is 0 Å². The van der Waals surface area contributed by atoms with E-state index in [0.717, 1.165) is 0 Å². The minimum absolute atomic E-state index is 0.0195. The fourth-order valence-electron chi connectivity index (χ4n) is 1.05. The van der Waals surface area contributed by atoms with Crippen LogP contribution in [0.2, 0.25) is 0 Å². The van der Waals surface area contributed by atoms with Crippen LogP contribution in [0.15, 0.2) is 29.4 Å². The van der Waals surface area contributed by atoms with Crippen molar-refractivity contribution >= 4 is 6.08 Å². The number of rotatable bonds is 4. The molecule has 0 spiro atoms. The molecule has 4 nitrogen and oxygen atoms in total. The molecule has 1 N–H and O–H groups in total. The molecule has 0 aliphatic rings. The van der Waals surface area contributed by atoms with Crippen LogP contribution in [0.4, 0.5) is 4.39 Å². The predicted octanol–water partition coefficient (Wildman–Crippen LogP) is 3.24. The molecule has 1 aromatic rings. The van der Waals surface area contributed by atoms with E-state index < -0.39 is 5.82 Å². The Balaban J connectivity index is 2.63. The Morgan fingerprint density at radius 1 is 1.53 bits per heavy atom. The quantitative estimate of drug-likeness (QED) is 0.350. The maximum atomic E-state index is 13.1. The van der Waals surface area contributed by atoms with Gasteiger partial charge in [0, 0.05) is 17.0 Å². The highest BCUT2D eigenvalue weighted by atomic mass is 19.1. The number of hydrogen-bond donors (Lipinski definition) is 1. The molecule has 0 aromatic heterocycles. The van der Waals surface area contributed by atoms with Gasteiger partial charge in [-0.2, -0.15) is 0 Å². The highest BCUT2D eigenvalue weighted by Crippen LogP contribution is 2.16. The summed E-state index contributed by atoms with van der Waals surface area (Å²) in [6.07, 6.45) is 3.77. The van der Waals surface area contributed by atoms with E-state index in [2.05, 4.69) is 10.0 Å². The smallest absolute Gasteiger partial charge is 0.130 e. The summed E-state index contributed by atoms with van der Waals surface area (Å²) >= 11 is 0. The second-order valence-corrected chi connectivity index (χ2v) is 2.85. The lowest BCUT2D eigenvalue weighted by Gasteiger charge is -1.97. The van der Waals surface area contributed by atoms with E-state index in [9.17, 15) is 4.39 Å². The largest absolute Gasteiger partial charge is 0.508 e. The Hall–Kier alpha value is -2.00. The van der Waals surface area contributed by atoms with Crippen molar-refractivity contribution in [3.05, 3.63) is 46.1 Å². The number of azide groups is 1. The van der Waals surface area contributed by atoms with E-state index in [1.807, 2.05) is 0 Å². The van der Waals surface area contributed by atoms with Crippen LogP contribution in [0.1, 0.15) is 12.0 Å². The molecule has 0 bridgehead atoms. The third kappa shape index (κ3) is 3.70. The van der Waals surface area contributed by atoms with Crippen LogP contribution in [0, 0.1) is 5.82 Å². The molecule has 1 rings (SSSR count). The van der Waals surface area contributed by atoms with Crippen LogP contribution in [0.25, 0.3) is 16.5 Å². The molecule has 0 aliphatic heterocycles. The third-order valence-electron chi connectivity index (χ3n) is 1.74. The Labute approximate surface area is 86.3 Å². The summed E-state index contributed by atoms with van der Waals surface area (Å²) in [6.45, 7) is 0.341. The van der Waals surface area contributed by atoms with Crippen molar-refractivity contribution in [3.63, 3.8) is 0 Å². The van der Waals surface area contributed by atoms with Crippen molar-refractivity contribution in [3.8, 4) is 5.75 Å². The molecule has 78 valence electrons. The number of phenolic OH excluding ortho intramolecular Hbond substituents is 1. The number of benzene rings is 1. The first kappa shape index (κ1) is 11.1. The van der Waals surface area contributed by atoms with Crippen molar-refractivity contribution in [1.29, 1.82) is 0 Å². The molecule has 0 radical (unpaired) electrons. The highest BCUT2D eigenvalue weighted by Gasteiger charge is 1.98. The van der Waals surface area contributed by atoms with E-state index in [1.54, 1.807) is 12.2 Å². The molecular weight excluding hydrogens is 197 g/mol. The Morgan fingerprint density at radius 2 is 2.33 bits per heavy atom. The number of hydrogen-bond acceptors (Lipinski definition) is 2. The van der Waals surface area contributed by atoms with Gasteiger partial charge >= 0.3 is 0 Å². The van der Waals surface area contributed by atoms with Crippen LogP contribution in [-0.4, -0.2) is 11.7 Å². The van der Waals surface area contributed by atoms with E-state index in [4.69, 9.17) is 10.6 Å². The second-order valence-electron chi connectivity index (χ2n) is 2.85. The Bertz CT molecular complexity index is 411. The lowest BCUT2D eigenvalue weighted by Crippen LogP contribution is -1.81. The number of halogens is 1. The van der Waals surface area contributed by atoms with Gasteiger partial charge in [0.15, 0.2) is 0 Å². The van der Waals surface area contributed by atoms with Gasteiger partial charge in [0.05, 0.1) is 0 Å². The highest BCUT2D eigenvalue weighted by molar-refractivity contribution is 5.52. The first-order valence-electron chi connectivity index (χ1n) is 4.40. The van der Waals surface area contributed by atoms with Crippen molar-refractivity contribution in [2.45, 2.75) is 6.42 Å². The maximum Gasteiger partial charge on any atom is 0.130 e. The molecule has 0 saturated carbocycles. The summed E-state index contributed by atoms with van der Waals surface area (Å²) in [7, 11) is 0. The zero-order chi connectivity index (χ0) is 11.1. The molecule has 0 saturated heterocycles. The van der Waals surface area contributed by atoms with Gasteiger partial charge in [-0.25, -0.2) is 4.39 Å². The SMILES string of the molecule is [N-]=[N+]=NCCC=Cc1cc(O)ccc1F. The zero-order valence-corrected chi connectivity index (χ0v) is 7.97. The molecule has 0 atom stereocenters. The summed E-state index contributed by atoms with van der Waals surface area (Å²) < 4.78 is 13.1. The number of nitrogens with zero attached hydrogens (tertiary/aromatic N) is 3. The van der Waals surface area contributed by atoms with Crippen LogP contribution in [0.3, 0.4) is 0 Å². The maximum absolute atomic E-state index is 13.1. The normalized spacial score (nSPS) is 10.2. The molecular formula is C10H10FN3O. The molecule has 5 heteroatoms. The Morgan fingerprint density at radius 3 is 3.07 bits per heavy atom. The minimum Gasteiger partial charge on any atom is -0.508 e. The van der Waals surface area contributed by atoms with Gasteiger partial charge in [0.1, 0.15) is 11.6 Å². The summed E-state index contributed by atoms with van der Waals surface area (Å²) in [5.74, 6) is -0.376. The molecule has 0 amide bonds. The van der Waals surface area contributed by atoms with Crippen molar-refractivity contribution in [1.82, 2.24) is 0 Å². The molecule has 0 aliphatic carbocycles. The van der Waals surface area contributed by atoms with Crippen molar-refractivity contribution in [2.24, 2.45) is 5.11 Å². The lowest BCUT2D eigenvalue weighted by atomic mass is 10.2. The van der Waals surface area contributed by atoms with Gasteiger partial charge in [0.2, 0.25) is 0 Å². The summed E-state index contributed by atoms with van der Waals surface area (Å²) in [5, 5.41) is 12.4. The first-order chi connectivity index (χ1) is 7.24. The molecule has 0 unspecified atom stereocenters. The van der Waals surface area contributed by atoms with Gasteiger partial charge in [-0.15, -0.1) is 0 Å². The van der Waals surface area contributed by atoms with Crippen LogP contribution in [0.5, 0.6) is 5.75 Å². The summed E-state index contributed by atoms with van der Waals surface area (Å²) in [4.78, 5) is 2.59. The van der Waals surface area contributed by atoms with Crippen molar-refractivity contribution in [2.75, 3.05) is 6.54 Å². The second kappa shape index (κ2) is 5.67. The number of aromatic hydroxyl groups is 1. The van der Waals surface area contributed by atoms with E-state index in [-0.39, 0.29) is 5.75 Å². The monoisotopic (exact) mass is 207 g/mol. The van der Waals surface area contributed by atoms with Gasteiger partial charge < -0.3 is 5.11 Å². The number of phenols is 1. The molecule has 0 heterocycles. The van der Waals surface area contributed by atoms with Gasteiger partial charge in [-0.1, -0.05) is 17.3 Å². The summed E-state index contributed by atoms with van der Waals surface area (Å²) in [6, 6.07) is 3.81. The topological polar surface area (TPSA) is 69.0 Å². The third-order valence-corrected chi connectivity index (χ3v) is 1.74. The van der Waals surface area contributed by atoms with Crippen LogP contribution in [-0.2, 0) is 0 Å². The van der Waals surface area contributed by atoms with Crippen molar-refractivity contribution < 1.29 is 9.50 Å². The molecule has 15 heavy (non-hydrogen) atoms. The zero-order valence-electron chi connectivity index (χ0n) is 7.97. The molecule has 1 aromatic carbocycles. The van der Waals surface area contributed by atoms with E-state index in [0.29, 0.717) is 18.5 Å². The fourth-order valence-corrected chi connectivity index (χ4v) is 1.05. The Kier molecular flexibility index (Phi) is 4.19. The van der Waals surface area contributed by atoms with E-state index >= 15 is 0 Å². The minimum atomic E-state index is -0.396. The molecule has 0 fully saturated rings. The lowest BCUT2D eigenvalue weighted by molar-refractivity contribution is 0.473. The fraction of sp³-hybridized carbons (Fsp3) is 0.200. The van der Waals surface area contributed by atoms with Gasteiger partial charge in [-0.05, 0) is 30.2 Å². The average molecular weight is 207 g/mol. The van der Waals surface area contributed by atoms with Crippen LogP contribution < -0.4 is 0 Å². The first-order valence-corrected chi connectivity index (χ1v) is 4.40. The van der Waals surface area contributed by atoms with Crippen LogP contribution >= 0.6 is 0 Å². The standard InChI is InChI=1S/C10H10FN3O/c11-10-5-4-9(15)7-8(10)3-1-2-6-13-14-12/h1,3-5,7,15H,2,6H2.